The molecular weight excluding hydrogens is 164 g/mol. The lowest BCUT2D eigenvalue weighted by Crippen LogP contribution is -2.47. The van der Waals surface area contributed by atoms with Gasteiger partial charge in [-0.05, 0) is 6.42 Å². The van der Waals surface area contributed by atoms with Gasteiger partial charge in [-0.25, -0.2) is 16.5 Å². The molecule has 0 spiro atoms. The van der Waals surface area contributed by atoms with Crippen molar-refractivity contribution >= 4 is 12.0 Å². The van der Waals surface area contributed by atoms with Crippen molar-refractivity contribution in [3.8, 4) is 0 Å². The van der Waals surface area contributed by atoms with Crippen LogP contribution in [0.15, 0.2) is 0 Å². The average molecular weight is 176 g/mol. The lowest BCUT2D eigenvalue weighted by molar-refractivity contribution is -0.137. The SMILES string of the molecule is NNC(=O)N(N)CCCC(=O)O. The van der Waals surface area contributed by atoms with Crippen LogP contribution < -0.4 is 17.1 Å². The normalized spacial score (nSPS) is 9.17. The molecule has 7 heteroatoms. The van der Waals surface area contributed by atoms with Crippen molar-refractivity contribution in [1.29, 1.82) is 0 Å². The highest BCUT2D eigenvalue weighted by molar-refractivity contribution is 5.72. The number of nitrogens with two attached hydrogens (primary N) is 2. The van der Waals surface area contributed by atoms with Crippen LogP contribution in [0.25, 0.3) is 0 Å². The fourth-order valence-corrected chi connectivity index (χ4v) is 0.585. The van der Waals surface area contributed by atoms with Gasteiger partial charge in [-0.3, -0.25) is 15.2 Å². The first-order valence-electron chi connectivity index (χ1n) is 3.32. The number of nitrogens with one attached hydrogen (secondary N) is 1. The van der Waals surface area contributed by atoms with E-state index in [9.17, 15) is 9.59 Å². The van der Waals surface area contributed by atoms with Crippen LogP contribution in [0.4, 0.5) is 4.79 Å². The Hall–Kier alpha value is -1.34. The summed E-state index contributed by atoms with van der Waals surface area (Å²) in [6, 6.07) is -0.639. The minimum Gasteiger partial charge on any atom is -0.481 e. The Morgan fingerprint density at radius 3 is 2.50 bits per heavy atom. The third-order valence-electron chi connectivity index (χ3n) is 1.17. The Bertz CT molecular complexity index is 172. The Morgan fingerprint density at radius 2 is 2.08 bits per heavy atom. The van der Waals surface area contributed by atoms with Gasteiger partial charge < -0.3 is 5.11 Å². The van der Waals surface area contributed by atoms with E-state index in [1.54, 1.807) is 0 Å². The number of hydrogen-bond donors (Lipinski definition) is 4. The molecular formula is C5H12N4O3. The Kier molecular flexibility index (Phi) is 4.73. The predicted molar refractivity (Wildman–Crippen MR) is 40.5 cm³/mol. The molecule has 0 fully saturated rings. The van der Waals surface area contributed by atoms with Gasteiger partial charge >= 0.3 is 12.0 Å². The van der Waals surface area contributed by atoms with Crippen LogP contribution in [-0.4, -0.2) is 28.7 Å². The number of carboxylic acids is 1. The van der Waals surface area contributed by atoms with E-state index in [4.69, 9.17) is 16.8 Å². The lowest BCUT2D eigenvalue weighted by atomic mass is 10.3. The second-order valence-corrected chi connectivity index (χ2v) is 2.14. The molecule has 70 valence electrons. The maximum Gasteiger partial charge on any atom is 0.345 e. The molecule has 0 rings (SSSR count). The van der Waals surface area contributed by atoms with Gasteiger partial charge in [0.1, 0.15) is 0 Å². The standard InChI is InChI=1S/C5H12N4O3/c6-8-5(12)9(7)3-1-2-4(10)11/h1-3,6-7H2,(H,8,12)(H,10,11). The molecule has 0 saturated carbocycles. The molecule has 0 radical (unpaired) electrons. The van der Waals surface area contributed by atoms with Gasteiger partial charge in [0.05, 0.1) is 0 Å². The van der Waals surface area contributed by atoms with Gasteiger partial charge in [0.25, 0.3) is 0 Å². The highest BCUT2D eigenvalue weighted by Crippen LogP contribution is 1.90. The number of nitrogens with zero attached hydrogens (tertiary/aromatic N) is 1. The fraction of sp³-hybridized carbons (Fsp3) is 0.600. The van der Waals surface area contributed by atoms with Crippen LogP contribution in [0.2, 0.25) is 0 Å². The zero-order valence-corrected chi connectivity index (χ0v) is 6.49. The molecule has 0 aliphatic heterocycles. The van der Waals surface area contributed by atoms with Crippen LogP contribution >= 0.6 is 0 Å². The number of aliphatic carboxylic acids is 1. The first kappa shape index (κ1) is 10.7. The van der Waals surface area contributed by atoms with Crippen molar-refractivity contribution in [2.45, 2.75) is 12.8 Å². The van der Waals surface area contributed by atoms with Crippen LogP contribution in [0.5, 0.6) is 0 Å². The summed E-state index contributed by atoms with van der Waals surface area (Å²) in [7, 11) is 0. The Morgan fingerprint density at radius 1 is 1.50 bits per heavy atom. The zero-order valence-electron chi connectivity index (χ0n) is 6.49. The topological polar surface area (TPSA) is 122 Å². The van der Waals surface area contributed by atoms with E-state index in [0.717, 1.165) is 5.01 Å². The molecule has 2 amide bonds. The lowest BCUT2D eigenvalue weighted by Gasteiger charge is -2.14. The van der Waals surface area contributed by atoms with Crippen molar-refractivity contribution in [2.24, 2.45) is 11.7 Å². The number of carbonyl (C=O) groups excluding carboxylic acids is 1. The molecule has 6 N–H and O–H groups in total. The first-order chi connectivity index (χ1) is 5.57. The highest BCUT2D eigenvalue weighted by atomic mass is 16.4. The number of urea groups is 1. The summed E-state index contributed by atoms with van der Waals surface area (Å²) in [4.78, 5) is 20.6. The maximum absolute atomic E-state index is 10.6. The van der Waals surface area contributed by atoms with Crippen LogP contribution in [0.1, 0.15) is 12.8 Å². The third kappa shape index (κ3) is 4.47. The van der Waals surface area contributed by atoms with Gasteiger partial charge in [0.15, 0.2) is 0 Å². The largest absolute Gasteiger partial charge is 0.481 e. The van der Waals surface area contributed by atoms with Crippen LogP contribution in [0, 0.1) is 0 Å². The number of amides is 2. The van der Waals surface area contributed by atoms with Crippen LogP contribution in [-0.2, 0) is 4.79 Å². The molecule has 0 bridgehead atoms. The van der Waals surface area contributed by atoms with Crippen molar-refractivity contribution in [3.05, 3.63) is 0 Å². The summed E-state index contributed by atoms with van der Waals surface area (Å²) in [5.74, 6) is 9.01. The average Bonchev–Trinajstić information content (AvgIpc) is 2.02. The van der Waals surface area contributed by atoms with Gasteiger partial charge in [-0.2, -0.15) is 0 Å². The van der Waals surface area contributed by atoms with E-state index in [0.29, 0.717) is 6.42 Å². The smallest absolute Gasteiger partial charge is 0.345 e. The molecule has 0 aromatic heterocycles. The number of carbonyl (C=O) groups is 2. The Balaban J connectivity index is 3.50. The minimum absolute atomic E-state index is 0.0223. The summed E-state index contributed by atoms with van der Waals surface area (Å²) < 4.78 is 0. The number of carboxylic acid groups (broad SMARTS) is 1. The molecule has 0 atom stereocenters. The van der Waals surface area contributed by atoms with E-state index < -0.39 is 12.0 Å². The molecule has 0 aromatic carbocycles. The molecule has 0 aliphatic rings. The van der Waals surface area contributed by atoms with Crippen LogP contribution in [0.3, 0.4) is 0 Å². The van der Waals surface area contributed by atoms with Crippen molar-refractivity contribution < 1.29 is 14.7 Å². The van der Waals surface area contributed by atoms with E-state index >= 15 is 0 Å². The molecule has 0 aliphatic carbocycles. The quantitative estimate of drug-likeness (QED) is 0.238. The molecule has 0 aromatic rings. The van der Waals surface area contributed by atoms with Crippen molar-refractivity contribution in [1.82, 2.24) is 10.4 Å². The molecule has 0 heterocycles. The monoisotopic (exact) mass is 176 g/mol. The number of hydrazine groups is 2. The van der Waals surface area contributed by atoms with Gasteiger partial charge in [0.2, 0.25) is 0 Å². The fourth-order valence-electron chi connectivity index (χ4n) is 0.585. The third-order valence-corrected chi connectivity index (χ3v) is 1.17. The number of rotatable bonds is 4. The molecule has 7 nitrogen and oxygen atoms in total. The van der Waals surface area contributed by atoms with Crippen molar-refractivity contribution in [2.75, 3.05) is 6.54 Å². The zero-order chi connectivity index (χ0) is 9.56. The van der Waals surface area contributed by atoms with E-state index in [2.05, 4.69) is 0 Å². The Labute approximate surface area is 69.2 Å². The maximum atomic E-state index is 10.6. The van der Waals surface area contributed by atoms with Crippen molar-refractivity contribution in [3.63, 3.8) is 0 Å². The summed E-state index contributed by atoms with van der Waals surface area (Å²) in [5.41, 5.74) is 1.82. The summed E-state index contributed by atoms with van der Waals surface area (Å²) >= 11 is 0. The van der Waals surface area contributed by atoms with Gasteiger partial charge in [-0.15, -0.1) is 0 Å². The second-order valence-electron chi connectivity index (χ2n) is 2.14. The van der Waals surface area contributed by atoms with E-state index in [1.165, 1.54) is 0 Å². The minimum atomic E-state index is -0.920. The predicted octanol–water partition coefficient (Wildman–Crippen LogP) is -1.39. The summed E-state index contributed by atoms with van der Waals surface area (Å²) in [6.07, 6.45) is 0.283. The van der Waals surface area contributed by atoms with E-state index in [-0.39, 0.29) is 13.0 Å². The summed E-state index contributed by atoms with van der Waals surface area (Å²) in [6.45, 7) is 0.162. The van der Waals surface area contributed by atoms with Gasteiger partial charge in [-0.1, -0.05) is 0 Å². The second kappa shape index (κ2) is 5.33. The first-order valence-corrected chi connectivity index (χ1v) is 3.32. The number of hydrogen-bond acceptors (Lipinski definition) is 4. The van der Waals surface area contributed by atoms with Gasteiger partial charge in [0, 0.05) is 13.0 Å². The highest BCUT2D eigenvalue weighted by Gasteiger charge is 2.06. The molecule has 0 saturated heterocycles. The molecule has 12 heavy (non-hydrogen) atoms. The van der Waals surface area contributed by atoms with E-state index in [1.807, 2.05) is 5.43 Å². The molecule has 0 unspecified atom stereocenters. The summed E-state index contributed by atoms with van der Waals surface area (Å²) in [5, 5.41) is 9.06.